The van der Waals surface area contributed by atoms with Crippen LogP contribution in [0.5, 0.6) is 0 Å². The summed E-state index contributed by atoms with van der Waals surface area (Å²) >= 11 is 6.06. The predicted octanol–water partition coefficient (Wildman–Crippen LogP) is 4.70. The summed E-state index contributed by atoms with van der Waals surface area (Å²) in [5, 5.41) is 15.9. The minimum Gasteiger partial charge on any atom is -0.278 e. The zero-order valence-electron chi connectivity index (χ0n) is 12.6. The predicted molar refractivity (Wildman–Crippen MR) is 89.9 cm³/mol. The maximum Gasteiger partial charge on any atom is 0.272 e. The van der Waals surface area contributed by atoms with Gasteiger partial charge in [-0.2, -0.15) is 5.10 Å². The molecule has 0 aromatic heterocycles. The Morgan fingerprint density at radius 2 is 1.86 bits per heavy atom. The Morgan fingerprint density at radius 3 is 2.50 bits per heavy atom. The van der Waals surface area contributed by atoms with Crippen molar-refractivity contribution in [3.8, 4) is 0 Å². The highest BCUT2D eigenvalue weighted by Gasteiger charge is 2.12. The summed E-state index contributed by atoms with van der Waals surface area (Å²) in [7, 11) is 0. The van der Waals surface area contributed by atoms with E-state index in [-0.39, 0.29) is 10.6 Å². The Balaban J connectivity index is 2.23. The summed E-state index contributed by atoms with van der Waals surface area (Å²) in [5.41, 5.74) is 6.72. The number of nitrogens with one attached hydrogen (secondary N) is 1. The Morgan fingerprint density at radius 1 is 1.18 bits per heavy atom. The van der Waals surface area contributed by atoms with Gasteiger partial charge in [0, 0.05) is 22.2 Å². The van der Waals surface area contributed by atoms with E-state index in [2.05, 4.69) is 10.5 Å². The zero-order valence-corrected chi connectivity index (χ0v) is 13.3. The number of hydrazone groups is 1. The molecule has 0 amide bonds. The van der Waals surface area contributed by atoms with Crippen LogP contribution >= 0.6 is 11.6 Å². The largest absolute Gasteiger partial charge is 0.278 e. The van der Waals surface area contributed by atoms with Gasteiger partial charge in [-0.3, -0.25) is 15.5 Å². The van der Waals surface area contributed by atoms with E-state index < -0.39 is 0 Å². The molecule has 2 rings (SSSR count). The van der Waals surface area contributed by atoms with Crippen molar-refractivity contribution in [3.63, 3.8) is 0 Å². The van der Waals surface area contributed by atoms with Crippen molar-refractivity contribution in [1.82, 2.24) is 0 Å². The van der Waals surface area contributed by atoms with Gasteiger partial charge in [0.15, 0.2) is 0 Å². The zero-order chi connectivity index (χ0) is 16.3. The standard InChI is InChI=1S/C16H16ClN3O2/c1-10-5-7-14(9-15(10)17)19-18-12(3)13-6-4-11(2)16(8-13)20(21)22/h4-9,19H,1-3H3/b18-12+. The molecule has 1 N–H and O–H groups in total. The molecule has 0 heterocycles. The van der Waals surface area contributed by atoms with Gasteiger partial charge in [0.1, 0.15) is 0 Å². The number of benzene rings is 2. The molecule has 0 saturated heterocycles. The second-order valence-corrected chi connectivity index (χ2v) is 5.44. The van der Waals surface area contributed by atoms with E-state index in [0.29, 0.717) is 21.9 Å². The van der Waals surface area contributed by atoms with Gasteiger partial charge in [-0.05, 0) is 38.5 Å². The maximum absolute atomic E-state index is 11.0. The van der Waals surface area contributed by atoms with E-state index in [4.69, 9.17) is 11.6 Å². The van der Waals surface area contributed by atoms with Gasteiger partial charge in [0.25, 0.3) is 5.69 Å². The number of rotatable bonds is 4. The molecule has 0 atom stereocenters. The van der Waals surface area contributed by atoms with Crippen molar-refractivity contribution < 1.29 is 4.92 Å². The molecule has 0 fully saturated rings. The third kappa shape index (κ3) is 3.62. The van der Waals surface area contributed by atoms with Crippen molar-refractivity contribution in [1.29, 1.82) is 0 Å². The highest BCUT2D eigenvalue weighted by atomic mass is 35.5. The van der Waals surface area contributed by atoms with Crippen LogP contribution in [0, 0.1) is 24.0 Å². The van der Waals surface area contributed by atoms with Crippen LogP contribution in [0.4, 0.5) is 11.4 Å². The van der Waals surface area contributed by atoms with Gasteiger partial charge < -0.3 is 0 Å². The fourth-order valence-corrected chi connectivity index (χ4v) is 2.09. The first-order valence-electron chi connectivity index (χ1n) is 6.70. The first-order chi connectivity index (χ1) is 10.4. The van der Waals surface area contributed by atoms with Gasteiger partial charge in [-0.15, -0.1) is 0 Å². The van der Waals surface area contributed by atoms with Crippen molar-refractivity contribution >= 4 is 28.7 Å². The number of nitrogens with zero attached hydrogens (tertiary/aromatic N) is 2. The van der Waals surface area contributed by atoms with Crippen LogP contribution < -0.4 is 5.43 Å². The van der Waals surface area contributed by atoms with Crippen molar-refractivity contribution in [2.75, 3.05) is 5.43 Å². The molecule has 0 radical (unpaired) electrons. The Kier molecular flexibility index (Phi) is 4.78. The molecule has 0 spiro atoms. The third-order valence-electron chi connectivity index (χ3n) is 3.35. The van der Waals surface area contributed by atoms with Gasteiger partial charge >= 0.3 is 0 Å². The molecular weight excluding hydrogens is 302 g/mol. The average Bonchev–Trinajstić information content (AvgIpc) is 2.48. The monoisotopic (exact) mass is 317 g/mol. The maximum atomic E-state index is 11.0. The molecule has 6 heteroatoms. The summed E-state index contributed by atoms with van der Waals surface area (Å²) < 4.78 is 0. The Bertz CT molecular complexity index is 757. The number of halogens is 1. The van der Waals surface area contributed by atoms with E-state index in [1.165, 1.54) is 6.07 Å². The van der Waals surface area contributed by atoms with E-state index in [9.17, 15) is 10.1 Å². The van der Waals surface area contributed by atoms with Crippen molar-refractivity contribution in [3.05, 3.63) is 68.2 Å². The second-order valence-electron chi connectivity index (χ2n) is 5.03. The number of hydrogen-bond acceptors (Lipinski definition) is 4. The summed E-state index contributed by atoms with van der Waals surface area (Å²) in [6, 6.07) is 10.6. The highest BCUT2D eigenvalue weighted by molar-refractivity contribution is 6.31. The van der Waals surface area contributed by atoms with Crippen LogP contribution in [0.2, 0.25) is 5.02 Å². The molecule has 0 aliphatic rings. The molecule has 0 unspecified atom stereocenters. The molecule has 0 bridgehead atoms. The van der Waals surface area contributed by atoms with Crippen LogP contribution in [-0.4, -0.2) is 10.6 Å². The third-order valence-corrected chi connectivity index (χ3v) is 3.76. The lowest BCUT2D eigenvalue weighted by atomic mass is 10.1. The minimum absolute atomic E-state index is 0.0884. The van der Waals surface area contributed by atoms with Crippen LogP contribution in [0.1, 0.15) is 23.6 Å². The topological polar surface area (TPSA) is 67.5 Å². The Hall–Kier alpha value is -2.40. The summed E-state index contributed by atoms with van der Waals surface area (Å²) in [6.07, 6.45) is 0. The van der Waals surface area contributed by atoms with Gasteiger partial charge in [-0.1, -0.05) is 29.8 Å². The fraction of sp³-hybridized carbons (Fsp3) is 0.188. The molecule has 0 aliphatic heterocycles. The first-order valence-corrected chi connectivity index (χ1v) is 7.08. The SMILES string of the molecule is C/C(=N\Nc1ccc(C)c(Cl)c1)c1ccc(C)c([N+](=O)[O-])c1. The van der Waals surface area contributed by atoms with E-state index in [1.54, 1.807) is 26.0 Å². The Labute approximate surface area is 133 Å². The molecule has 0 saturated carbocycles. The molecule has 114 valence electrons. The quantitative estimate of drug-likeness (QED) is 0.505. The summed E-state index contributed by atoms with van der Waals surface area (Å²) in [6.45, 7) is 5.42. The average molecular weight is 318 g/mol. The lowest BCUT2D eigenvalue weighted by Gasteiger charge is -2.06. The molecule has 2 aromatic rings. The molecule has 0 aliphatic carbocycles. The smallest absolute Gasteiger partial charge is 0.272 e. The number of aryl methyl sites for hydroxylation is 2. The highest BCUT2D eigenvalue weighted by Crippen LogP contribution is 2.21. The van der Waals surface area contributed by atoms with Gasteiger partial charge in [-0.25, -0.2) is 0 Å². The summed E-state index contributed by atoms with van der Waals surface area (Å²) in [4.78, 5) is 10.6. The second kappa shape index (κ2) is 6.58. The fourth-order valence-electron chi connectivity index (χ4n) is 1.91. The molecule has 5 nitrogen and oxygen atoms in total. The normalized spacial score (nSPS) is 11.4. The van der Waals surface area contributed by atoms with Crippen LogP contribution in [-0.2, 0) is 0 Å². The lowest BCUT2D eigenvalue weighted by Crippen LogP contribution is -2.02. The number of nitro groups is 1. The van der Waals surface area contributed by atoms with Gasteiger partial charge in [0.05, 0.1) is 16.3 Å². The number of hydrogen-bond donors (Lipinski definition) is 1. The number of nitro benzene ring substituents is 1. The van der Waals surface area contributed by atoms with Crippen molar-refractivity contribution in [2.45, 2.75) is 20.8 Å². The van der Waals surface area contributed by atoms with E-state index in [1.807, 2.05) is 25.1 Å². The lowest BCUT2D eigenvalue weighted by molar-refractivity contribution is -0.385. The molecule has 2 aromatic carbocycles. The molecular formula is C16H16ClN3O2. The first kappa shape index (κ1) is 16.0. The molecule has 22 heavy (non-hydrogen) atoms. The van der Waals surface area contributed by atoms with E-state index >= 15 is 0 Å². The van der Waals surface area contributed by atoms with Gasteiger partial charge in [0.2, 0.25) is 0 Å². The number of anilines is 1. The van der Waals surface area contributed by atoms with Crippen LogP contribution in [0.25, 0.3) is 0 Å². The minimum atomic E-state index is -0.390. The summed E-state index contributed by atoms with van der Waals surface area (Å²) in [5.74, 6) is 0. The van der Waals surface area contributed by atoms with Crippen LogP contribution in [0.3, 0.4) is 0 Å². The van der Waals surface area contributed by atoms with E-state index in [0.717, 1.165) is 11.3 Å². The van der Waals surface area contributed by atoms with Crippen molar-refractivity contribution in [2.24, 2.45) is 5.10 Å². The van der Waals surface area contributed by atoms with Crippen LogP contribution in [0.15, 0.2) is 41.5 Å².